The molecule has 2 aromatic carbocycles. The van der Waals surface area contributed by atoms with Crippen LogP contribution in [0.15, 0.2) is 35.2 Å². The van der Waals surface area contributed by atoms with Crippen molar-refractivity contribution in [2.45, 2.75) is 11.5 Å². The van der Waals surface area contributed by atoms with Crippen LogP contribution in [0.25, 0.3) is 0 Å². The van der Waals surface area contributed by atoms with Gasteiger partial charge in [-0.2, -0.15) is 4.31 Å². The Labute approximate surface area is 177 Å². The number of carbonyl (C=O) groups is 1. The molecule has 0 saturated carbocycles. The van der Waals surface area contributed by atoms with Gasteiger partial charge in [0.1, 0.15) is 12.4 Å². The summed E-state index contributed by atoms with van der Waals surface area (Å²) in [5.74, 6) is -1.07. The van der Waals surface area contributed by atoms with Gasteiger partial charge in [0.15, 0.2) is 11.5 Å². The summed E-state index contributed by atoms with van der Waals surface area (Å²) in [7, 11) is -3.88. The van der Waals surface area contributed by atoms with E-state index in [9.17, 15) is 17.6 Å². The average molecular weight is 458 g/mol. The molecule has 1 fully saturated rings. The van der Waals surface area contributed by atoms with Crippen LogP contribution in [-0.4, -0.2) is 51.8 Å². The molecule has 0 spiro atoms. The summed E-state index contributed by atoms with van der Waals surface area (Å²) in [6, 6.07) is 6.17. The van der Waals surface area contributed by atoms with Gasteiger partial charge >= 0.3 is 5.97 Å². The van der Waals surface area contributed by atoms with Crippen molar-refractivity contribution in [2.75, 3.05) is 33.1 Å². The molecule has 0 radical (unpaired) electrons. The molecule has 0 N–H and O–H groups in total. The maximum atomic E-state index is 14.2. The summed E-state index contributed by atoms with van der Waals surface area (Å²) in [5.41, 5.74) is 0.0336. The molecule has 0 amide bonds. The molecule has 2 aromatic rings. The molecule has 0 bridgehead atoms. The summed E-state index contributed by atoms with van der Waals surface area (Å²) in [6.07, 6.45) is 0. The van der Waals surface area contributed by atoms with Crippen LogP contribution >= 0.6 is 11.6 Å². The fourth-order valence-electron chi connectivity index (χ4n) is 3.09. The minimum atomic E-state index is -3.88. The number of esters is 1. The first-order chi connectivity index (χ1) is 14.4. The van der Waals surface area contributed by atoms with Crippen molar-refractivity contribution in [2.24, 2.45) is 0 Å². The molecule has 8 nitrogen and oxygen atoms in total. The SMILES string of the molecule is O=C(OCc1cc(Cl)c2c(c1)OCO2)c1cc(S(=O)(=O)N2CCOCC2)ccc1F. The van der Waals surface area contributed by atoms with Gasteiger partial charge in [0, 0.05) is 13.1 Å². The number of hydrogen-bond acceptors (Lipinski definition) is 7. The van der Waals surface area contributed by atoms with Crippen LogP contribution in [0.5, 0.6) is 11.5 Å². The van der Waals surface area contributed by atoms with Crippen molar-refractivity contribution >= 4 is 27.6 Å². The number of ether oxygens (including phenoxy) is 4. The van der Waals surface area contributed by atoms with Crippen molar-refractivity contribution in [3.05, 3.63) is 52.3 Å². The molecule has 1 saturated heterocycles. The molecule has 0 unspecified atom stereocenters. The van der Waals surface area contributed by atoms with E-state index in [0.717, 1.165) is 18.2 Å². The smallest absolute Gasteiger partial charge is 0.341 e. The highest BCUT2D eigenvalue weighted by Gasteiger charge is 2.28. The highest BCUT2D eigenvalue weighted by Crippen LogP contribution is 2.40. The first-order valence-electron chi connectivity index (χ1n) is 8.99. The van der Waals surface area contributed by atoms with Crippen LogP contribution in [0, 0.1) is 5.82 Å². The normalized spacial score (nSPS) is 16.5. The average Bonchev–Trinajstić information content (AvgIpc) is 3.22. The predicted molar refractivity (Wildman–Crippen MR) is 103 cm³/mol. The van der Waals surface area contributed by atoms with Crippen molar-refractivity contribution in [1.29, 1.82) is 0 Å². The standard InChI is InChI=1S/C19H17ClFNO7S/c20-15-7-12(8-17-18(15)29-11-28-17)10-27-19(23)14-9-13(1-2-16(14)21)30(24,25)22-3-5-26-6-4-22/h1-2,7-9H,3-6,10-11H2. The molecule has 2 aliphatic rings. The molecule has 0 aliphatic carbocycles. The number of benzene rings is 2. The minimum absolute atomic E-state index is 0.0356. The van der Waals surface area contributed by atoms with Gasteiger partial charge in [0.25, 0.3) is 0 Å². The van der Waals surface area contributed by atoms with Gasteiger partial charge < -0.3 is 18.9 Å². The maximum absolute atomic E-state index is 14.2. The van der Waals surface area contributed by atoms with Crippen LogP contribution in [0.1, 0.15) is 15.9 Å². The molecule has 0 aromatic heterocycles. The summed E-state index contributed by atoms with van der Waals surface area (Å²) in [4.78, 5) is 12.2. The Kier molecular flexibility index (Phi) is 5.83. The van der Waals surface area contributed by atoms with Gasteiger partial charge in [-0.25, -0.2) is 17.6 Å². The lowest BCUT2D eigenvalue weighted by Crippen LogP contribution is -2.40. The lowest BCUT2D eigenvalue weighted by atomic mass is 10.2. The van der Waals surface area contributed by atoms with Crippen LogP contribution in [0.2, 0.25) is 5.02 Å². The van der Waals surface area contributed by atoms with Crippen LogP contribution in [0.4, 0.5) is 4.39 Å². The Hall–Kier alpha value is -2.40. The number of hydrogen-bond donors (Lipinski definition) is 0. The second-order valence-corrected chi connectivity index (χ2v) is 8.89. The third kappa shape index (κ3) is 4.08. The summed E-state index contributed by atoms with van der Waals surface area (Å²) < 4.78 is 61.8. The Morgan fingerprint density at radius 1 is 1.17 bits per heavy atom. The highest BCUT2D eigenvalue weighted by molar-refractivity contribution is 7.89. The topological polar surface area (TPSA) is 91.4 Å². The number of fused-ring (bicyclic) bond motifs is 1. The Balaban J connectivity index is 1.52. The quantitative estimate of drug-likeness (QED) is 0.637. The Morgan fingerprint density at radius 2 is 1.93 bits per heavy atom. The first kappa shape index (κ1) is 20.9. The van der Waals surface area contributed by atoms with E-state index in [1.165, 1.54) is 10.4 Å². The highest BCUT2D eigenvalue weighted by atomic mass is 35.5. The second kappa shape index (κ2) is 8.38. The van der Waals surface area contributed by atoms with Crippen molar-refractivity contribution < 1.29 is 36.6 Å². The number of halogens is 2. The van der Waals surface area contributed by atoms with Gasteiger partial charge in [-0.1, -0.05) is 11.6 Å². The van der Waals surface area contributed by atoms with E-state index < -0.39 is 27.4 Å². The Morgan fingerprint density at radius 3 is 2.70 bits per heavy atom. The fraction of sp³-hybridized carbons (Fsp3) is 0.316. The molecule has 11 heteroatoms. The van der Waals surface area contributed by atoms with E-state index in [0.29, 0.717) is 22.1 Å². The molecule has 160 valence electrons. The van der Waals surface area contributed by atoms with Crippen molar-refractivity contribution in [3.63, 3.8) is 0 Å². The number of rotatable bonds is 5. The van der Waals surface area contributed by atoms with Gasteiger partial charge in [0.05, 0.1) is 28.7 Å². The van der Waals surface area contributed by atoms with E-state index in [4.69, 9.17) is 30.5 Å². The first-order valence-corrected chi connectivity index (χ1v) is 10.8. The van der Waals surface area contributed by atoms with Gasteiger partial charge in [-0.3, -0.25) is 0 Å². The van der Waals surface area contributed by atoms with Crippen LogP contribution in [-0.2, 0) is 26.1 Å². The van der Waals surface area contributed by atoms with E-state index >= 15 is 0 Å². The van der Waals surface area contributed by atoms with Crippen molar-refractivity contribution in [1.82, 2.24) is 4.31 Å². The van der Waals surface area contributed by atoms with E-state index in [1.54, 1.807) is 6.07 Å². The predicted octanol–water partition coefficient (Wildman–Crippen LogP) is 2.59. The zero-order valence-corrected chi connectivity index (χ0v) is 17.2. The minimum Gasteiger partial charge on any atom is -0.457 e. The second-order valence-electron chi connectivity index (χ2n) is 6.55. The van der Waals surface area contributed by atoms with Gasteiger partial charge in [-0.05, 0) is 35.9 Å². The van der Waals surface area contributed by atoms with Crippen LogP contribution < -0.4 is 9.47 Å². The fourth-order valence-corrected chi connectivity index (χ4v) is 4.81. The maximum Gasteiger partial charge on any atom is 0.341 e. The molecule has 30 heavy (non-hydrogen) atoms. The molecular weight excluding hydrogens is 441 g/mol. The lowest BCUT2D eigenvalue weighted by Gasteiger charge is -2.26. The summed E-state index contributed by atoms with van der Waals surface area (Å²) in [5, 5.41) is 0.292. The zero-order valence-electron chi connectivity index (χ0n) is 15.6. The van der Waals surface area contributed by atoms with Gasteiger partial charge in [0.2, 0.25) is 16.8 Å². The number of carbonyl (C=O) groups excluding carboxylic acids is 1. The van der Waals surface area contributed by atoms with E-state index in [1.807, 2.05) is 0 Å². The molecule has 2 heterocycles. The number of nitrogens with zero attached hydrogens (tertiary/aromatic N) is 1. The van der Waals surface area contributed by atoms with Crippen molar-refractivity contribution in [3.8, 4) is 11.5 Å². The van der Waals surface area contributed by atoms with Crippen LogP contribution in [0.3, 0.4) is 0 Å². The number of morpholine rings is 1. The third-order valence-corrected chi connectivity index (χ3v) is 6.80. The number of sulfonamides is 1. The molecule has 4 rings (SSSR count). The monoisotopic (exact) mass is 457 g/mol. The Bertz CT molecular complexity index is 1090. The summed E-state index contributed by atoms with van der Waals surface area (Å²) >= 11 is 6.09. The largest absolute Gasteiger partial charge is 0.457 e. The zero-order chi connectivity index (χ0) is 21.3. The van der Waals surface area contributed by atoms with E-state index in [2.05, 4.69) is 0 Å². The molecule has 0 atom stereocenters. The molecular formula is C19H17ClFNO7S. The molecule has 2 aliphatic heterocycles. The summed E-state index contributed by atoms with van der Waals surface area (Å²) in [6.45, 7) is 0.735. The van der Waals surface area contributed by atoms with E-state index in [-0.39, 0.29) is 44.6 Å². The lowest BCUT2D eigenvalue weighted by molar-refractivity contribution is 0.0466. The van der Waals surface area contributed by atoms with Gasteiger partial charge in [-0.15, -0.1) is 0 Å². The third-order valence-electron chi connectivity index (χ3n) is 4.62.